The van der Waals surface area contributed by atoms with Gasteiger partial charge in [-0.05, 0) is 74.5 Å². The summed E-state index contributed by atoms with van der Waals surface area (Å²) >= 11 is 0. The van der Waals surface area contributed by atoms with E-state index < -0.39 is 23.4 Å². The predicted molar refractivity (Wildman–Crippen MR) is 172 cm³/mol. The van der Waals surface area contributed by atoms with Crippen LogP contribution in [0.3, 0.4) is 0 Å². The normalized spacial score (nSPS) is 15.7. The topological polar surface area (TPSA) is 76.2 Å². The number of imide groups is 1. The van der Waals surface area contributed by atoms with Crippen molar-refractivity contribution in [1.29, 1.82) is 0 Å². The van der Waals surface area contributed by atoms with Gasteiger partial charge in [0.1, 0.15) is 11.5 Å². The van der Waals surface area contributed by atoms with Gasteiger partial charge < -0.3 is 14.4 Å². The Morgan fingerprint density at radius 2 is 1.22 bits per heavy atom. The second-order valence-electron chi connectivity index (χ2n) is 10.9. The van der Waals surface area contributed by atoms with Gasteiger partial charge in [0.15, 0.2) is 5.60 Å². The van der Waals surface area contributed by atoms with Crippen LogP contribution in [0.4, 0.5) is 11.4 Å². The summed E-state index contributed by atoms with van der Waals surface area (Å²) < 4.78 is 12.9. The summed E-state index contributed by atoms with van der Waals surface area (Å²) in [4.78, 5) is 44.9. The van der Waals surface area contributed by atoms with Crippen LogP contribution in [-0.2, 0) is 10.3 Å². The molecule has 1 unspecified atom stereocenters. The van der Waals surface area contributed by atoms with Crippen LogP contribution in [-0.4, -0.2) is 30.9 Å². The van der Waals surface area contributed by atoms with Crippen LogP contribution in [0.25, 0.3) is 0 Å². The second kappa shape index (κ2) is 11.1. The van der Waals surface area contributed by atoms with Gasteiger partial charge in [-0.3, -0.25) is 9.59 Å². The van der Waals surface area contributed by atoms with E-state index in [0.29, 0.717) is 50.6 Å². The fourth-order valence-corrected chi connectivity index (χ4v) is 6.32. The molecule has 0 bridgehead atoms. The smallest absolute Gasteiger partial charge is 0.340 e. The number of amides is 2. The number of nitrogens with zero attached hydrogens (tertiary/aromatic N) is 2. The number of ether oxygens (including phenoxy) is 2. The molecule has 2 aliphatic rings. The lowest BCUT2D eigenvalue weighted by molar-refractivity contribution is 0.0224. The van der Waals surface area contributed by atoms with Gasteiger partial charge in [0.05, 0.1) is 11.3 Å². The first kappa shape index (κ1) is 28.1. The van der Waals surface area contributed by atoms with Crippen LogP contribution in [0, 0.1) is 0 Å². The average Bonchev–Trinajstić information content (AvgIpc) is 3.38. The molecule has 222 valence electrons. The third kappa shape index (κ3) is 4.47. The maximum absolute atomic E-state index is 14.0. The quantitative estimate of drug-likeness (QED) is 0.149. The van der Waals surface area contributed by atoms with Gasteiger partial charge in [-0.1, -0.05) is 54.6 Å². The van der Waals surface area contributed by atoms with Crippen molar-refractivity contribution in [2.24, 2.45) is 0 Å². The Morgan fingerprint density at radius 3 is 1.87 bits per heavy atom. The number of fused-ring (bicyclic) bond motifs is 6. The molecule has 0 radical (unpaired) electrons. The molecule has 0 saturated carbocycles. The van der Waals surface area contributed by atoms with Crippen molar-refractivity contribution in [3.8, 4) is 11.5 Å². The Kier molecular flexibility index (Phi) is 6.93. The molecule has 0 fully saturated rings. The van der Waals surface area contributed by atoms with Crippen molar-refractivity contribution in [3.05, 3.63) is 155 Å². The van der Waals surface area contributed by atoms with E-state index >= 15 is 0 Å². The fraction of sp³-hybridized carbons (Fsp3) is 0.132. The van der Waals surface area contributed by atoms with E-state index in [-0.39, 0.29) is 0 Å². The summed E-state index contributed by atoms with van der Waals surface area (Å²) in [6, 6.07) is 35.7. The molecule has 2 amide bonds. The summed E-state index contributed by atoms with van der Waals surface area (Å²) in [5.41, 5.74) is 2.98. The van der Waals surface area contributed by atoms with Crippen LogP contribution in [0.15, 0.2) is 121 Å². The molecular weight excluding hydrogens is 564 g/mol. The molecule has 45 heavy (non-hydrogen) atoms. The third-order valence-corrected chi connectivity index (χ3v) is 8.51. The van der Waals surface area contributed by atoms with E-state index in [0.717, 1.165) is 18.8 Å². The molecule has 2 aliphatic heterocycles. The molecule has 5 aromatic rings. The van der Waals surface area contributed by atoms with E-state index in [1.54, 1.807) is 78.9 Å². The summed E-state index contributed by atoms with van der Waals surface area (Å²) in [7, 11) is 0. The number of esters is 1. The van der Waals surface area contributed by atoms with Crippen molar-refractivity contribution in [1.82, 2.24) is 0 Å². The van der Waals surface area contributed by atoms with Crippen molar-refractivity contribution in [3.63, 3.8) is 0 Å². The number of hydrogen-bond donors (Lipinski definition) is 0. The molecule has 0 saturated heterocycles. The molecule has 1 spiro atoms. The number of benzene rings is 5. The maximum atomic E-state index is 14.0. The Morgan fingerprint density at radius 1 is 0.622 bits per heavy atom. The first-order valence-corrected chi connectivity index (χ1v) is 15.0. The van der Waals surface area contributed by atoms with E-state index in [9.17, 15) is 14.4 Å². The van der Waals surface area contributed by atoms with Gasteiger partial charge in [0.2, 0.25) is 0 Å². The van der Waals surface area contributed by atoms with Crippen molar-refractivity contribution < 1.29 is 23.9 Å². The molecular formula is C38H30N2O5. The Balaban J connectivity index is 1.44. The number of carbonyl (C=O) groups excluding carboxylic acids is 3. The Labute approximate surface area is 261 Å². The lowest BCUT2D eigenvalue weighted by atomic mass is 9.77. The van der Waals surface area contributed by atoms with E-state index in [4.69, 9.17) is 9.47 Å². The zero-order valence-electron chi connectivity index (χ0n) is 24.9. The number of hydrogen-bond acceptors (Lipinski definition) is 6. The summed E-state index contributed by atoms with van der Waals surface area (Å²) in [6.07, 6.45) is 0. The van der Waals surface area contributed by atoms with Crippen LogP contribution in [0.2, 0.25) is 0 Å². The highest BCUT2D eigenvalue weighted by Gasteiger charge is 2.53. The number of rotatable bonds is 6. The van der Waals surface area contributed by atoms with Crippen LogP contribution in [0.5, 0.6) is 11.5 Å². The highest BCUT2D eigenvalue weighted by atomic mass is 16.6. The molecule has 1 atom stereocenters. The highest BCUT2D eigenvalue weighted by molar-refractivity contribution is 6.25. The number of carbonyl (C=O) groups is 3. The molecule has 7 heteroatoms. The zero-order valence-corrected chi connectivity index (χ0v) is 24.9. The van der Waals surface area contributed by atoms with Gasteiger partial charge in [-0.2, -0.15) is 0 Å². The van der Waals surface area contributed by atoms with Crippen LogP contribution in [0.1, 0.15) is 61.6 Å². The first-order chi connectivity index (χ1) is 22.0. The van der Waals surface area contributed by atoms with Gasteiger partial charge >= 0.3 is 5.97 Å². The van der Waals surface area contributed by atoms with E-state index in [2.05, 4.69) is 18.7 Å². The maximum Gasteiger partial charge on any atom is 0.340 e. The largest absolute Gasteiger partial charge is 0.456 e. The van der Waals surface area contributed by atoms with Gasteiger partial charge in [-0.15, -0.1) is 0 Å². The minimum atomic E-state index is -1.36. The third-order valence-electron chi connectivity index (χ3n) is 8.51. The fourth-order valence-electron chi connectivity index (χ4n) is 6.32. The van der Waals surface area contributed by atoms with Crippen LogP contribution < -0.4 is 14.5 Å². The molecule has 0 aromatic heterocycles. The van der Waals surface area contributed by atoms with Crippen molar-refractivity contribution >= 4 is 29.2 Å². The first-order valence-electron chi connectivity index (χ1n) is 15.0. The minimum absolute atomic E-state index is 0.322. The second-order valence-corrected chi connectivity index (χ2v) is 10.9. The monoisotopic (exact) mass is 594 g/mol. The van der Waals surface area contributed by atoms with Gasteiger partial charge in [-0.25, -0.2) is 9.69 Å². The van der Waals surface area contributed by atoms with Crippen LogP contribution >= 0.6 is 0 Å². The molecule has 0 N–H and O–H groups in total. The van der Waals surface area contributed by atoms with Crippen molar-refractivity contribution in [2.45, 2.75) is 19.4 Å². The lowest BCUT2D eigenvalue weighted by Crippen LogP contribution is -2.38. The van der Waals surface area contributed by atoms with E-state index in [1.165, 1.54) is 4.90 Å². The standard InChI is InChI=1S/C38H30N2O5/c1-3-39(4-2)27-19-21-31-34(24-27)44-33-22-20-28(23-32(33)38(31)30-18-12-11-17-29(30)37(43)45-38)40(35(41)25-13-7-5-8-14-25)36(42)26-15-9-6-10-16-26/h5-24H,3-4H2,1-2H3. The predicted octanol–water partition coefficient (Wildman–Crippen LogP) is 7.59. The van der Waals surface area contributed by atoms with Gasteiger partial charge in [0.25, 0.3) is 11.8 Å². The average molecular weight is 595 g/mol. The molecule has 5 aromatic carbocycles. The van der Waals surface area contributed by atoms with Crippen molar-refractivity contribution in [2.75, 3.05) is 22.9 Å². The summed E-state index contributed by atoms with van der Waals surface area (Å²) in [5, 5.41) is 0. The highest BCUT2D eigenvalue weighted by Crippen LogP contribution is 2.57. The minimum Gasteiger partial charge on any atom is -0.456 e. The molecule has 0 aliphatic carbocycles. The summed E-state index contributed by atoms with van der Waals surface area (Å²) in [5.74, 6) is -0.389. The zero-order chi connectivity index (χ0) is 31.1. The Hall–Kier alpha value is -5.69. The summed E-state index contributed by atoms with van der Waals surface area (Å²) in [6.45, 7) is 5.82. The lowest BCUT2D eigenvalue weighted by Gasteiger charge is -2.38. The molecule has 2 heterocycles. The van der Waals surface area contributed by atoms with E-state index in [1.807, 2.05) is 42.5 Å². The molecule has 7 rings (SSSR count). The SMILES string of the molecule is CCN(CC)c1ccc2c(c1)Oc1ccc(N(C(=O)c3ccccc3)C(=O)c3ccccc3)cc1C21OC(=O)c2ccccc21. The van der Waals surface area contributed by atoms with Gasteiger partial charge in [0, 0.05) is 52.7 Å². The Bertz CT molecular complexity index is 1900. The number of anilines is 2. The molecule has 7 nitrogen and oxygen atoms in total.